The molecular formula is C13H20FNO3S. The third-order valence-electron chi connectivity index (χ3n) is 3.12. The molecule has 2 N–H and O–H groups in total. The molecule has 6 heteroatoms. The normalized spacial score (nSPS) is 12.7. The summed E-state index contributed by atoms with van der Waals surface area (Å²) in [5.41, 5.74) is -0.328. The smallest absolute Gasteiger partial charge is 0.241 e. The fourth-order valence-electron chi connectivity index (χ4n) is 1.57. The summed E-state index contributed by atoms with van der Waals surface area (Å²) in [5.74, 6) is -0.638. The molecule has 0 aliphatic rings. The largest absolute Gasteiger partial charge is 0.392 e. The van der Waals surface area contributed by atoms with E-state index in [0.29, 0.717) is 6.42 Å². The zero-order valence-electron chi connectivity index (χ0n) is 11.6. The molecule has 0 radical (unpaired) electrons. The van der Waals surface area contributed by atoms with Crippen molar-refractivity contribution in [2.45, 2.75) is 51.2 Å². The summed E-state index contributed by atoms with van der Waals surface area (Å²) < 4.78 is 40.8. The Bertz CT molecular complexity index is 567. The van der Waals surface area contributed by atoms with Crippen molar-refractivity contribution in [3.8, 4) is 0 Å². The van der Waals surface area contributed by atoms with E-state index in [2.05, 4.69) is 4.72 Å². The van der Waals surface area contributed by atoms with Crippen LogP contribution in [0.15, 0.2) is 17.0 Å². The molecule has 0 heterocycles. The van der Waals surface area contributed by atoms with Gasteiger partial charge >= 0.3 is 0 Å². The van der Waals surface area contributed by atoms with Crippen molar-refractivity contribution in [1.29, 1.82) is 0 Å². The Morgan fingerprint density at radius 3 is 2.42 bits per heavy atom. The summed E-state index contributed by atoms with van der Waals surface area (Å²) in [5, 5.41) is 9.04. The van der Waals surface area contributed by atoms with Crippen LogP contribution in [0.1, 0.15) is 38.3 Å². The minimum atomic E-state index is -3.82. The lowest BCUT2D eigenvalue weighted by atomic mass is 10.0. The van der Waals surface area contributed by atoms with Gasteiger partial charge in [-0.15, -0.1) is 0 Å². The van der Waals surface area contributed by atoms with Crippen molar-refractivity contribution >= 4 is 10.0 Å². The number of aliphatic hydroxyl groups is 1. The van der Waals surface area contributed by atoms with Crippen molar-refractivity contribution in [2.75, 3.05) is 0 Å². The number of rotatable bonds is 5. The summed E-state index contributed by atoms with van der Waals surface area (Å²) in [6.07, 6.45) is 0.605. The van der Waals surface area contributed by atoms with Crippen molar-refractivity contribution in [1.82, 2.24) is 4.72 Å². The minimum absolute atomic E-state index is 0.0524. The van der Waals surface area contributed by atoms with Crippen LogP contribution < -0.4 is 4.72 Å². The molecule has 0 atom stereocenters. The average Bonchev–Trinajstić information content (AvgIpc) is 2.31. The molecule has 0 saturated heterocycles. The van der Waals surface area contributed by atoms with Gasteiger partial charge in [-0.2, -0.15) is 0 Å². The first-order chi connectivity index (χ1) is 8.63. The Hall–Kier alpha value is -0.980. The molecule has 0 saturated carbocycles. The molecule has 108 valence electrons. The molecule has 0 bridgehead atoms. The van der Waals surface area contributed by atoms with Crippen LogP contribution in [0.3, 0.4) is 0 Å². The van der Waals surface area contributed by atoms with Crippen molar-refractivity contribution in [3.63, 3.8) is 0 Å². The van der Waals surface area contributed by atoms with Gasteiger partial charge in [0.2, 0.25) is 10.0 Å². The van der Waals surface area contributed by atoms with Crippen molar-refractivity contribution in [3.05, 3.63) is 29.1 Å². The number of hydrogen-bond donors (Lipinski definition) is 2. The van der Waals surface area contributed by atoms with Gasteiger partial charge < -0.3 is 5.11 Å². The number of sulfonamides is 1. The fourth-order valence-corrected chi connectivity index (χ4v) is 3.36. The number of halogens is 1. The maximum absolute atomic E-state index is 13.7. The first-order valence-corrected chi connectivity index (χ1v) is 7.55. The molecule has 4 nitrogen and oxygen atoms in total. The van der Waals surface area contributed by atoms with Crippen LogP contribution in [-0.4, -0.2) is 19.1 Å². The zero-order chi connectivity index (χ0) is 14.8. The second-order valence-electron chi connectivity index (χ2n) is 5.20. The van der Waals surface area contributed by atoms with E-state index in [1.807, 2.05) is 6.92 Å². The van der Waals surface area contributed by atoms with E-state index in [9.17, 15) is 12.8 Å². The van der Waals surface area contributed by atoms with Crippen LogP contribution in [0.5, 0.6) is 0 Å². The summed E-state index contributed by atoms with van der Waals surface area (Å²) in [6, 6.07) is 2.44. The third kappa shape index (κ3) is 3.75. The Balaban J connectivity index is 3.33. The average molecular weight is 289 g/mol. The monoisotopic (exact) mass is 289 g/mol. The number of aliphatic hydroxyl groups excluding tert-OH is 1. The molecule has 0 amide bonds. The SMILES string of the molecule is CCC(C)(C)NS(=O)(=O)c1cc(CO)cc(F)c1C. The van der Waals surface area contributed by atoms with Crippen molar-refractivity contribution in [2.24, 2.45) is 0 Å². The molecule has 0 spiro atoms. The Morgan fingerprint density at radius 1 is 1.37 bits per heavy atom. The lowest BCUT2D eigenvalue weighted by molar-refractivity contribution is 0.281. The van der Waals surface area contributed by atoms with Gasteiger partial charge in [0.15, 0.2) is 0 Å². The Labute approximate surface area is 113 Å². The number of hydrogen-bond acceptors (Lipinski definition) is 3. The molecular weight excluding hydrogens is 269 g/mol. The molecule has 0 unspecified atom stereocenters. The van der Waals surface area contributed by atoms with Crippen LogP contribution in [0.2, 0.25) is 0 Å². The molecule has 0 aliphatic heterocycles. The predicted octanol–water partition coefficient (Wildman–Crippen LogP) is 2.09. The first kappa shape index (κ1) is 16.1. The highest BCUT2D eigenvalue weighted by molar-refractivity contribution is 7.89. The van der Waals surface area contributed by atoms with Gasteiger partial charge in [-0.1, -0.05) is 6.92 Å². The maximum Gasteiger partial charge on any atom is 0.241 e. The highest BCUT2D eigenvalue weighted by atomic mass is 32.2. The van der Waals surface area contributed by atoms with E-state index >= 15 is 0 Å². The predicted molar refractivity (Wildman–Crippen MR) is 71.8 cm³/mol. The molecule has 19 heavy (non-hydrogen) atoms. The second-order valence-corrected chi connectivity index (χ2v) is 6.85. The van der Waals surface area contributed by atoms with Gasteiger partial charge in [-0.25, -0.2) is 17.5 Å². The molecule has 1 aromatic carbocycles. The lowest BCUT2D eigenvalue weighted by Crippen LogP contribution is -2.42. The highest BCUT2D eigenvalue weighted by Gasteiger charge is 2.27. The lowest BCUT2D eigenvalue weighted by Gasteiger charge is -2.25. The molecule has 0 aliphatic carbocycles. The first-order valence-electron chi connectivity index (χ1n) is 6.07. The number of benzene rings is 1. The van der Waals surface area contributed by atoms with Crippen LogP contribution in [0, 0.1) is 12.7 Å². The van der Waals surface area contributed by atoms with Crippen LogP contribution in [-0.2, 0) is 16.6 Å². The summed E-state index contributed by atoms with van der Waals surface area (Å²) in [7, 11) is -3.82. The zero-order valence-corrected chi connectivity index (χ0v) is 12.4. The maximum atomic E-state index is 13.7. The molecule has 0 aromatic heterocycles. The van der Waals surface area contributed by atoms with Gasteiger partial charge in [0.05, 0.1) is 11.5 Å². The minimum Gasteiger partial charge on any atom is -0.392 e. The van der Waals surface area contributed by atoms with Gasteiger partial charge in [0.25, 0.3) is 0 Å². The van der Waals surface area contributed by atoms with Crippen LogP contribution >= 0.6 is 0 Å². The van der Waals surface area contributed by atoms with Gasteiger partial charge in [0, 0.05) is 11.1 Å². The molecule has 0 fully saturated rings. The van der Waals surface area contributed by atoms with Crippen molar-refractivity contribution < 1.29 is 17.9 Å². The second kappa shape index (κ2) is 5.56. The standard InChI is InChI=1S/C13H20FNO3S/c1-5-13(3,4)15-19(17,18)12-7-10(8-16)6-11(14)9(12)2/h6-7,15-16H,5,8H2,1-4H3. The van der Waals surface area contributed by atoms with Gasteiger partial charge in [0.1, 0.15) is 5.82 Å². The molecule has 1 aromatic rings. The summed E-state index contributed by atoms with van der Waals surface area (Å²) in [6.45, 7) is 6.37. The Kier molecular flexibility index (Phi) is 4.71. The van der Waals surface area contributed by atoms with E-state index in [-0.39, 0.29) is 16.0 Å². The van der Waals surface area contributed by atoms with Crippen LogP contribution in [0.4, 0.5) is 4.39 Å². The van der Waals surface area contributed by atoms with Gasteiger partial charge in [-0.05, 0) is 44.9 Å². The third-order valence-corrected chi connectivity index (χ3v) is 4.95. The van der Waals surface area contributed by atoms with E-state index in [0.717, 1.165) is 6.07 Å². The van der Waals surface area contributed by atoms with E-state index in [4.69, 9.17) is 5.11 Å². The summed E-state index contributed by atoms with van der Waals surface area (Å²) in [4.78, 5) is -0.127. The topological polar surface area (TPSA) is 66.4 Å². The van der Waals surface area contributed by atoms with Gasteiger partial charge in [-0.3, -0.25) is 0 Å². The van der Waals surface area contributed by atoms with E-state index in [1.165, 1.54) is 13.0 Å². The van der Waals surface area contributed by atoms with Crippen LogP contribution in [0.25, 0.3) is 0 Å². The number of nitrogens with one attached hydrogen (secondary N) is 1. The highest BCUT2D eigenvalue weighted by Crippen LogP contribution is 2.22. The quantitative estimate of drug-likeness (QED) is 0.872. The summed E-state index contributed by atoms with van der Waals surface area (Å²) >= 11 is 0. The Morgan fingerprint density at radius 2 is 1.95 bits per heavy atom. The molecule has 1 rings (SSSR count). The fraction of sp³-hybridized carbons (Fsp3) is 0.538. The van der Waals surface area contributed by atoms with E-state index < -0.39 is 28.0 Å². The van der Waals surface area contributed by atoms with E-state index in [1.54, 1.807) is 13.8 Å².